The lowest BCUT2D eigenvalue weighted by atomic mass is 9.83. The van der Waals surface area contributed by atoms with Crippen LogP contribution in [-0.2, 0) is 0 Å². The number of amides is 1. The Morgan fingerprint density at radius 1 is 1.07 bits per heavy atom. The summed E-state index contributed by atoms with van der Waals surface area (Å²) >= 11 is 0. The minimum atomic E-state index is -0.154. The van der Waals surface area contributed by atoms with Crippen LogP contribution >= 0.6 is 0 Å². The van der Waals surface area contributed by atoms with E-state index in [0.717, 1.165) is 48.5 Å². The minimum Gasteiger partial charge on any atom is -0.333 e. The van der Waals surface area contributed by atoms with Crippen LogP contribution in [0.3, 0.4) is 0 Å². The van der Waals surface area contributed by atoms with Crippen molar-refractivity contribution in [3.8, 4) is 5.69 Å². The standard InChI is InChI=1S/C22H29N3O2/c1-3-16-4-8-19(9-5-16)25(20-12-13-20)21(26)17-6-10-18(11-7-17)24-15(2)14-23-22(24)27/h6-7,10-11,14,16,19-20H,3-5,8-9,12-13H2,1-2H3,(H,23,27). The number of carbonyl (C=O) groups excluding carboxylic acids is 1. The van der Waals surface area contributed by atoms with Crippen molar-refractivity contribution in [2.75, 3.05) is 0 Å². The largest absolute Gasteiger partial charge is 0.333 e. The van der Waals surface area contributed by atoms with E-state index in [1.54, 1.807) is 10.8 Å². The molecule has 1 heterocycles. The van der Waals surface area contributed by atoms with E-state index >= 15 is 0 Å². The average molecular weight is 367 g/mol. The molecular formula is C22H29N3O2. The zero-order valence-corrected chi connectivity index (χ0v) is 16.3. The summed E-state index contributed by atoms with van der Waals surface area (Å²) in [5.74, 6) is 0.988. The van der Waals surface area contributed by atoms with Gasteiger partial charge in [-0.3, -0.25) is 9.36 Å². The van der Waals surface area contributed by atoms with Gasteiger partial charge in [0.1, 0.15) is 0 Å². The van der Waals surface area contributed by atoms with Gasteiger partial charge in [-0.05, 0) is 75.6 Å². The summed E-state index contributed by atoms with van der Waals surface area (Å²) in [4.78, 5) is 30.1. The van der Waals surface area contributed by atoms with Crippen LogP contribution in [0.2, 0.25) is 0 Å². The normalized spacial score (nSPS) is 22.6. The first-order valence-electron chi connectivity index (χ1n) is 10.3. The van der Waals surface area contributed by atoms with Gasteiger partial charge in [-0.1, -0.05) is 13.3 Å². The summed E-state index contributed by atoms with van der Waals surface area (Å²) in [6, 6.07) is 8.29. The van der Waals surface area contributed by atoms with Gasteiger partial charge in [0.2, 0.25) is 0 Å². The van der Waals surface area contributed by atoms with E-state index in [1.165, 1.54) is 19.3 Å². The smallest absolute Gasteiger partial charge is 0.330 e. The lowest BCUT2D eigenvalue weighted by Crippen LogP contribution is -2.43. The maximum Gasteiger partial charge on any atom is 0.330 e. The highest BCUT2D eigenvalue weighted by molar-refractivity contribution is 5.95. The van der Waals surface area contributed by atoms with Gasteiger partial charge in [0, 0.05) is 29.5 Å². The first-order chi connectivity index (χ1) is 13.1. The molecule has 2 aliphatic carbocycles. The third-order valence-corrected chi connectivity index (χ3v) is 6.29. The fourth-order valence-corrected chi connectivity index (χ4v) is 4.49. The molecule has 144 valence electrons. The number of hydrogen-bond donors (Lipinski definition) is 1. The van der Waals surface area contributed by atoms with Crippen molar-refractivity contribution in [3.05, 3.63) is 52.2 Å². The van der Waals surface area contributed by atoms with Gasteiger partial charge in [-0.2, -0.15) is 0 Å². The van der Waals surface area contributed by atoms with Crippen molar-refractivity contribution in [1.29, 1.82) is 0 Å². The van der Waals surface area contributed by atoms with Crippen molar-refractivity contribution in [2.24, 2.45) is 5.92 Å². The molecule has 1 aromatic carbocycles. The Morgan fingerprint density at radius 2 is 1.67 bits per heavy atom. The van der Waals surface area contributed by atoms with E-state index in [9.17, 15) is 9.59 Å². The molecule has 2 aliphatic rings. The average Bonchev–Trinajstić information content (AvgIpc) is 3.47. The van der Waals surface area contributed by atoms with Crippen LogP contribution in [0, 0.1) is 12.8 Å². The van der Waals surface area contributed by atoms with Crippen LogP contribution in [-0.4, -0.2) is 32.4 Å². The summed E-state index contributed by atoms with van der Waals surface area (Å²) in [6.45, 7) is 4.16. The van der Waals surface area contributed by atoms with Crippen molar-refractivity contribution in [1.82, 2.24) is 14.5 Å². The van der Waals surface area contributed by atoms with Crippen LogP contribution < -0.4 is 5.69 Å². The quantitative estimate of drug-likeness (QED) is 0.867. The van der Waals surface area contributed by atoms with Crippen LogP contribution in [0.25, 0.3) is 5.69 Å². The third-order valence-electron chi connectivity index (χ3n) is 6.29. The van der Waals surface area contributed by atoms with Crippen LogP contribution in [0.4, 0.5) is 0 Å². The van der Waals surface area contributed by atoms with Gasteiger partial charge in [-0.15, -0.1) is 0 Å². The molecule has 2 fully saturated rings. The maximum atomic E-state index is 13.3. The zero-order chi connectivity index (χ0) is 19.0. The molecule has 1 N–H and O–H groups in total. The molecule has 0 radical (unpaired) electrons. The number of imidazole rings is 1. The van der Waals surface area contributed by atoms with Crippen molar-refractivity contribution in [3.63, 3.8) is 0 Å². The van der Waals surface area contributed by atoms with Gasteiger partial charge in [0.25, 0.3) is 5.91 Å². The fourth-order valence-electron chi connectivity index (χ4n) is 4.49. The van der Waals surface area contributed by atoms with Crippen LogP contribution in [0.1, 0.15) is 67.9 Å². The Morgan fingerprint density at radius 3 is 2.15 bits per heavy atom. The number of carbonyl (C=O) groups is 1. The highest BCUT2D eigenvalue weighted by Gasteiger charge is 2.38. The van der Waals surface area contributed by atoms with Gasteiger partial charge >= 0.3 is 5.69 Å². The lowest BCUT2D eigenvalue weighted by Gasteiger charge is -2.37. The van der Waals surface area contributed by atoms with Crippen molar-refractivity contribution >= 4 is 5.91 Å². The number of nitrogens with one attached hydrogen (secondary N) is 1. The Kier molecular flexibility index (Phi) is 4.94. The molecule has 5 heteroatoms. The summed E-state index contributed by atoms with van der Waals surface area (Å²) in [6.07, 6.45) is 9.98. The number of H-pyrrole nitrogens is 1. The molecule has 4 rings (SSSR count). The van der Waals surface area contributed by atoms with Crippen LogP contribution in [0.5, 0.6) is 0 Å². The Hall–Kier alpha value is -2.30. The predicted molar refractivity (Wildman–Crippen MR) is 106 cm³/mol. The first-order valence-corrected chi connectivity index (χ1v) is 10.3. The molecule has 2 aromatic rings. The lowest BCUT2D eigenvalue weighted by molar-refractivity contribution is 0.0587. The van der Waals surface area contributed by atoms with Crippen molar-refractivity contribution < 1.29 is 4.79 Å². The number of benzene rings is 1. The number of rotatable bonds is 5. The second-order valence-corrected chi connectivity index (χ2v) is 8.14. The van der Waals surface area contributed by atoms with E-state index < -0.39 is 0 Å². The molecule has 5 nitrogen and oxygen atoms in total. The summed E-state index contributed by atoms with van der Waals surface area (Å²) in [7, 11) is 0. The highest BCUT2D eigenvalue weighted by atomic mass is 16.2. The number of aryl methyl sites for hydroxylation is 1. The molecule has 0 unspecified atom stereocenters. The second-order valence-electron chi connectivity index (χ2n) is 8.14. The number of aromatic amines is 1. The minimum absolute atomic E-state index is 0.154. The first kappa shape index (κ1) is 18.1. The van der Waals surface area contributed by atoms with E-state index in [0.29, 0.717) is 12.1 Å². The molecule has 0 saturated heterocycles. The number of aromatic nitrogens is 2. The molecule has 2 saturated carbocycles. The van der Waals surface area contributed by atoms with Gasteiger partial charge < -0.3 is 9.88 Å². The Bertz CT molecular complexity index is 852. The molecule has 1 amide bonds. The fraction of sp³-hybridized carbons (Fsp3) is 0.545. The van der Waals surface area contributed by atoms with E-state index in [1.807, 2.05) is 31.2 Å². The topological polar surface area (TPSA) is 58.1 Å². The van der Waals surface area contributed by atoms with Gasteiger partial charge in [0.05, 0.1) is 5.69 Å². The molecule has 0 bridgehead atoms. The molecule has 27 heavy (non-hydrogen) atoms. The maximum absolute atomic E-state index is 13.3. The third kappa shape index (κ3) is 3.60. The second kappa shape index (κ2) is 7.37. The molecule has 0 aliphatic heterocycles. The zero-order valence-electron chi connectivity index (χ0n) is 16.3. The SMILES string of the molecule is CCC1CCC(N(C(=O)c2ccc(-n3c(C)c[nH]c3=O)cc2)C2CC2)CC1. The van der Waals surface area contributed by atoms with Gasteiger partial charge in [-0.25, -0.2) is 4.79 Å². The van der Waals surface area contributed by atoms with Gasteiger partial charge in [0.15, 0.2) is 0 Å². The molecule has 0 atom stereocenters. The Balaban J connectivity index is 1.53. The van der Waals surface area contributed by atoms with E-state index in [4.69, 9.17) is 0 Å². The number of nitrogens with zero attached hydrogens (tertiary/aromatic N) is 2. The molecular weight excluding hydrogens is 338 g/mol. The monoisotopic (exact) mass is 367 g/mol. The summed E-state index contributed by atoms with van der Waals surface area (Å²) < 4.78 is 1.62. The van der Waals surface area contributed by atoms with E-state index in [-0.39, 0.29) is 11.6 Å². The summed E-state index contributed by atoms with van der Waals surface area (Å²) in [5.41, 5.74) is 2.21. The predicted octanol–water partition coefficient (Wildman–Crippen LogP) is 4.05. The summed E-state index contributed by atoms with van der Waals surface area (Å²) in [5, 5.41) is 0. The highest BCUT2D eigenvalue weighted by Crippen LogP contribution is 2.37. The van der Waals surface area contributed by atoms with Crippen molar-refractivity contribution in [2.45, 2.75) is 70.9 Å². The van der Waals surface area contributed by atoms with Crippen LogP contribution in [0.15, 0.2) is 35.3 Å². The number of hydrogen-bond acceptors (Lipinski definition) is 2. The molecule has 1 aromatic heterocycles. The van der Waals surface area contributed by atoms with E-state index in [2.05, 4.69) is 16.8 Å². The Labute approximate surface area is 160 Å². The molecule has 0 spiro atoms.